The summed E-state index contributed by atoms with van der Waals surface area (Å²) in [6.07, 6.45) is 3.55. The van der Waals surface area contributed by atoms with Crippen LogP contribution in [0.1, 0.15) is 34.3 Å². The molecule has 82 valence electrons. The molecule has 3 nitrogen and oxygen atoms in total. The number of nitrogens with zero attached hydrogens (tertiary/aromatic N) is 1. The lowest BCUT2D eigenvalue weighted by Crippen LogP contribution is -2.25. The number of fused-ring (bicyclic) bond motifs is 1. The molecule has 1 saturated carbocycles. The van der Waals surface area contributed by atoms with Crippen LogP contribution in [0.2, 0.25) is 0 Å². The Morgan fingerprint density at radius 1 is 1.38 bits per heavy atom. The van der Waals surface area contributed by atoms with Crippen molar-refractivity contribution in [3.8, 4) is 0 Å². The monoisotopic (exact) mass is 215 g/mol. The molecule has 0 saturated heterocycles. The van der Waals surface area contributed by atoms with Gasteiger partial charge in [-0.15, -0.1) is 0 Å². The van der Waals surface area contributed by atoms with Crippen LogP contribution in [0, 0.1) is 0 Å². The van der Waals surface area contributed by atoms with Crippen LogP contribution in [0.5, 0.6) is 0 Å². The number of carbonyl (C=O) groups is 2. The van der Waals surface area contributed by atoms with Gasteiger partial charge in [0.05, 0.1) is 0 Å². The molecule has 1 aliphatic heterocycles. The Kier molecular flexibility index (Phi) is 2.06. The number of hydrogen-bond acceptors (Lipinski definition) is 2. The summed E-state index contributed by atoms with van der Waals surface area (Å²) in [6.45, 7) is 0.750. The van der Waals surface area contributed by atoms with Gasteiger partial charge >= 0.3 is 0 Å². The van der Waals surface area contributed by atoms with Crippen molar-refractivity contribution in [1.82, 2.24) is 4.90 Å². The van der Waals surface area contributed by atoms with Gasteiger partial charge in [-0.3, -0.25) is 4.79 Å². The van der Waals surface area contributed by atoms with Crippen molar-refractivity contribution < 1.29 is 9.59 Å². The van der Waals surface area contributed by atoms with E-state index in [1.54, 1.807) is 0 Å². The molecule has 1 heterocycles. The van der Waals surface area contributed by atoms with Gasteiger partial charge in [0.1, 0.15) is 6.29 Å². The Bertz CT molecular complexity index is 463. The van der Waals surface area contributed by atoms with E-state index in [2.05, 4.69) is 0 Å². The highest BCUT2D eigenvalue weighted by Crippen LogP contribution is 2.34. The molecule has 0 aromatic heterocycles. The number of hydrogen-bond donors (Lipinski definition) is 0. The average molecular weight is 215 g/mol. The van der Waals surface area contributed by atoms with Gasteiger partial charge in [0, 0.05) is 24.6 Å². The molecule has 0 bridgehead atoms. The minimum Gasteiger partial charge on any atom is -0.331 e. The van der Waals surface area contributed by atoms with Crippen LogP contribution >= 0.6 is 0 Å². The molecule has 0 unspecified atom stereocenters. The van der Waals surface area contributed by atoms with Gasteiger partial charge in [0.15, 0.2) is 0 Å². The highest BCUT2D eigenvalue weighted by Gasteiger charge is 2.38. The SMILES string of the molecule is O=CCc1ccc2c(c1)C(=O)N(C1CC1)C2. The van der Waals surface area contributed by atoms with Gasteiger partial charge in [-0.1, -0.05) is 12.1 Å². The molecule has 2 aliphatic rings. The molecule has 1 aromatic rings. The van der Waals surface area contributed by atoms with E-state index < -0.39 is 0 Å². The average Bonchev–Trinajstić information content (AvgIpc) is 3.07. The zero-order valence-electron chi connectivity index (χ0n) is 8.98. The van der Waals surface area contributed by atoms with Crippen LogP contribution in [-0.4, -0.2) is 23.1 Å². The van der Waals surface area contributed by atoms with Crippen molar-refractivity contribution in [3.05, 3.63) is 34.9 Å². The fraction of sp³-hybridized carbons (Fsp3) is 0.385. The molecule has 1 aromatic carbocycles. The maximum atomic E-state index is 12.1. The van der Waals surface area contributed by atoms with E-state index in [1.165, 1.54) is 0 Å². The van der Waals surface area contributed by atoms with Crippen LogP contribution in [0.4, 0.5) is 0 Å². The molecule has 1 aliphatic carbocycles. The maximum Gasteiger partial charge on any atom is 0.254 e. The van der Waals surface area contributed by atoms with E-state index in [9.17, 15) is 9.59 Å². The van der Waals surface area contributed by atoms with E-state index in [0.717, 1.165) is 42.4 Å². The Labute approximate surface area is 94.1 Å². The Morgan fingerprint density at radius 2 is 2.19 bits per heavy atom. The van der Waals surface area contributed by atoms with Gasteiger partial charge in [-0.2, -0.15) is 0 Å². The summed E-state index contributed by atoms with van der Waals surface area (Å²) in [4.78, 5) is 24.5. The van der Waals surface area contributed by atoms with Gasteiger partial charge in [0.25, 0.3) is 5.91 Å². The molecule has 3 rings (SSSR count). The lowest BCUT2D eigenvalue weighted by atomic mass is 10.0. The molecular weight excluding hydrogens is 202 g/mol. The summed E-state index contributed by atoms with van der Waals surface area (Å²) in [7, 11) is 0. The third-order valence-corrected chi connectivity index (χ3v) is 3.31. The first kappa shape index (κ1) is 9.58. The van der Waals surface area contributed by atoms with Crippen LogP contribution < -0.4 is 0 Å². The van der Waals surface area contributed by atoms with E-state index in [-0.39, 0.29) is 5.91 Å². The second-order valence-electron chi connectivity index (χ2n) is 4.53. The molecule has 0 N–H and O–H groups in total. The molecule has 3 heteroatoms. The zero-order valence-corrected chi connectivity index (χ0v) is 8.98. The standard InChI is InChI=1S/C13H13NO2/c15-6-5-9-1-2-10-8-14(11-3-4-11)13(16)12(10)7-9/h1-2,6-7,11H,3-5,8H2. The topological polar surface area (TPSA) is 37.4 Å². The molecule has 0 radical (unpaired) electrons. The van der Waals surface area contributed by atoms with Crippen LogP contribution in [0.3, 0.4) is 0 Å². The lowest BCUT2D eigenvalue weighted by molar-refractivity contribution is -0.107. The van der Waals surface area contributed by atoms with Gasteiger partial charge in [-0.05, 0) is 30.0 Å². The van der Waals surface area contributed by atoms with Crippen molar-refractivity contribution in [2.75, 3.05) is 0 Å². The number of aldehydes is 1. The second kappa shape index (κ2) is 3.44. The summed E-state index contributed by atoms with van der Waals surface area (Å²) < 4.78 is 0. The predicted molar refractivity (Wildman–Crippen MR) is 59.1 cm³/mol. The minimum atomic E-state index is 0.144. The first-order valence-corrected chi connectivity index (χ1v) is 5.66. The van der Waals surface area contributed by atoms with Crippen molar-refractivity contribution in [3.63, 3.8) is 0 Å². The number of amides is 1. The van der Waals surface area contributed by atoms with E-state index in [1.807, 2.05) is 23.1 Å². The minimum absolute atomic E-state index is 0.144. The van der Waals surface area contributed by atoms with Crippen molar-refractivity contribution in [1.29, 1.82) is 0 Å². The molecule has 16 heavy (non-hydrogen) atoms. The number of carbonyl (C=O) groups excluding carboxylic acids is 2. The fourth-order valence-electron chi connectivity index (χ4n) is 2.27. The maximum absolute atomic E-state index is 12.1. The summed E-state index contributed by atoms with van der Waals surface area (Å²) in [5.74, 6) is 0.144. The normalized spacial score (nSPS) is 18.8. The molecule has 0 spiro atoms. The largest absolute Gasteiger partial charge is 0.331 e. The van der Waals surface area contributed by atoms with Gasteiger partial charge in [-0.25, -0.2) is 0 Å². The smallest absolute Gasteiger partial charge is 0.254 e. The highest BCUT2D eigenvalue weighted by atomic mass is 16.2. The Balaban J connectivity index is 1.93. The van der Waals surface area contributed by atoms with Crippen LogP contribution in [0.25, 0.3) is 0 Å². The summed E-state index contributed by atoms with van der Waals surface area (Å²) in [6, 6.07) is 6.26. The molecule has 1 amide bonds. The van der Waals surface area contributed by atoms with Crippen LogP contribution in [-0.2, 0) is 17.8 Å². The van der Waals surface area contributed by atoms with Crippen molar-refractivity contribution >= 4 is 12.2 Å². The van der Waals surface area contributed by atoms with Gasteiger partial charge in [0.2, 0.25) is 0 Å². The Hall–Kier alpha value is -1.64. The first-order valence-electron chi connectivity index (χ1n) is 5.66. The van der Waals surface area contributed by atoms with E-state index in [0.29, 0.717) is 12.5 Å². The van der Waals surface area contributed by atoms with Crippen LogP contribution in [0.15, 0.2) is 18.2 Å². The summed E-state index contributed by atoms with van der Waals surface area (Å²) in [5.41, 5.74) is 2.83. The third kappa shape index (κ3) is 1.43. The number of benzene rings is 1. The first-order chi connectivity index (χ1) is 7.79. The van der Waals surface area contributed by atoms with E-state index >= 15 is 0 Å². The van der Waals surface area contributed by atoms with Crippen molar-refractivity contribution in [2.45, 2.75) is 31.8 Å². The lowest BCUT2D eigenvalue weighted by Gasteiger charge is -2.13. The molecule has 1 fully saturated rings. The highest BCUT2D eigenvalue weighted by molar-refractivity contribution is 5.99. The van der Waals surface area contributed by atoms with E-state index in [4.69, 9.17) is 0 Å². The van der Waals surface area contributed by atoms with Crippen molar-refractivity contribution in [2.24, 2.45) is 0 Å². The summed E-state index contributed by atoms with van der Waals surface area (Å²) >= 11 is 0. The fourth-order valence-corrected chi connectivity index (χ4v) is 2.27. The Morgan fingerprint density at radius 3 is 2.88 bits per heavy atom. The third-order valence-electron chi connectivity index (χ3n) is 3.31. The predicted octanol–water partition coefficient (Wildman–Crippen LogP) is 1.55. The van der Waals surface area contributed by atoms with Gasteiger partial charge < -0.3 is 9.69 Å². The zero-order chi connectivity index (χ0) is 11.1. The number of rotatable bonds is 3. The second-order valence-corrected chi connectivity index (χ2v) is 4.53. The quantitative estimate of drug-likeness (QED) is 0.717. The summed E-state index contributed by atoms with van der Waals surface area (Å²) in [5, 5.41) is 0. The molecule has 0 atom stereocenters. The molecular formula is C13H13NO2.